The second-order valence-corrected chi connectivity index (χ2v) is 4.90. The molecule has 0 saturated heterocycles. The summed E-state index contributed by atoms with van der Waals surface area (Å²) in [5.74, 6) is 0.767. The molecule has 1 aromatic carbocycles. The maximum atomic E-state index is 11.6. The Kier molecular flexibility index (Phi) is 8.28. The number of nitrogens with two attached hydrogens (primary N) is 1. The van der Waals surface area contributed by atoms with E-state index in [4.69, 9.17) is 10.5 Å². The Bertz CT molecular complexity index is 402. The fourth-order valence-electron chi connectivity index (χ4n) is 1.98. The molecule has 0 aromatic heterocycles. The van der Waals surface area contributed by atoms with Gasteiger partial charge in [0.2, 0.25) is 5.91 Å². The zero-order valence-electron chi connectivity index (χ0n) is 13.1. The van der Waals surface area contributed by atoms with Gasteiger partial charge in [-0.25, -0.2) is 0 Å². The second-order valence-electron chi connectivity index (χ2n) is 4.90. The van der Waals surface area contributed by atoms with Gasteiger partial charge in [-0.1, -0.05) is 13.8 Å². The minimum absolute atomic E-state index is 0.0324. The number of ether oxygens (including phenoxy) is 1. The summed E-state index contributed by atoms with van der Waals surface area (Å²) in [7, 11) is 0. The van der Waals surface area contributed by atoms with Gasteiger partial charge in [0, 0.05) is 12.2 Å². The van der Waals surface area contributed by atoms with Gasteiger partial charge >= 0.3 is 0 Å². The number of carbonyl (C=O) groups excluding carboxylic acids is 1. The molecule has 0 heterocycles. The van der Waals surface area contributed by atoms with E-state index in [1.54, 1.807) is 24.3 Å². The molecule has 0 aliphatic carbocycles. The van der Waals surface area contributed by atoms with Crippen LogP contribution in [-0.4, -0.2) is 43.6 Å². The summed E-state index contributed by atoms with van der Waals surface area (Å²) in [6.45, 7) is 8.53. The van der Waals surface area contributed by atoms with E-state index in [0.29, 0.717) is 18.7 Å². The van der Waals surface area contributed by atoms with Crippen molar-refractivity contribution in [1.82, 2.24) is 10.2 Å². The van der Waals surface area contributed by atoms with Gasteiger partial charge in [0.25, 0.3) is 0 Å². The number of hydrogen-bond donors (Lipinski definition) is 2. The first-order valence-corrected chi connectivity index (χ1v) is 7.63. The number of benzene rings is 1. The van der Waals surface area contributed by atoms with Gasteiger partial charge in [-0.2, -0.15) is 0 Å². The first-order chi connectivity index (χ1) is 10.2. The van der Waals surface area contributed by atoms with Crippen molar-refractivity contribution >= 4 is 11.6 Å². The van der Waals surface area contributed by atoms with Crippen LogP contribution in [0.3, 0.4) is 0 Å². The highest BCUT2D eigenvalue weighted by Gasteiger charge is 2.03. The molecular weight excluding hydrogens is 266 g/mol. The van der Waals surface area contributed by atoms with E-state index in [1.165, 1.54) is 0 Å². The third-order valence-corrected chi connectivity index (χ3v) is 3.35. The molecule has 5 heteroatoms. The zero-order valence-corrected chi connectivity index (χ0v) is 13.1. The van der Waals surface area contributed by atoms with Crippen molar-refractivity contribution in [1.29, 1.82) is 0 Å². The molecule has 0 unspecified atom stereocenters. The summed E-state index contributed by atoms with van der Waals surface area (Å²) in [4.78, 5) is 14.0. The van der Waals surface area contributed by atoms with E-state index >= 15 is 0 Å². The van der Waals surface area contributed by atoms with Gasteiger partial charge in [0.1, 0.15) is 5.75 Å². The molecule has 1 amide bonds. The Morgan fingerprint density at radius 2 is 1.90 bits per heavy atom. The molecule has 0 atom stereocenters. The molecule has 0 aliphatic heterocycles. The monoisotopic (exact) mass is 293 g/mol. The average molecular weight is 293 g/mol. The molecule has 5 nitrogen and oxygen atoms in total. The lowest BCUT2D eigenvalue weighted by Crippen LogP contribution is -2.30. The van der Waals surface area contributed by atoms with Crippen molar-refractivity contribution in [2.45, 2.75) is 26.7 Å². The van der Waals surface area contributed by atoms with Crippen molar-refractivity contribution in [2.75, 3.05) is 38.5 Å². The molecule has 1 aromatic rings. The van der Waals surface area contributed by atoms with Crippen LogP contribution in [0.25, 0.3) is 0 Å². The number of nitrogens with one attached hydrogen (secondary N) is 1. The zero-order chi connectivity index (χ0) is 15.5. The van der Waals surface area contributed by atoms with E-state index in [9.17, 15) is 4.79 Å². The van der Waals surface area contributed by atoms with E-state index in [1.807, 2.05) is 0 Å². The summed E-state index contributed by atoms with van der Waals surface area (Å²) in [5.41, 5.74) is 6.29. The van der Waals surface area contributed by atoms with Crippen molar-refractivity contribution in [3.05, 3.63) is 24.3 Å². The van der Waals surface area contributed by atoms with Gasteiger partial charge in [-0.3, -0.25) is 4.79 Å². The van der Waals surface area contributed by atoms with Crippen LogP contribution in [0.4, 0.5) is 5.69 Å². The van der Waals surface area contributed by atoms with Crippen molar-refractivity contribution < 1.29 is 9.53 Å². The molecule has 0 aliphatic rings. The lowest BCUT2D eigenvalue weighted by molar-refractivity contribution is -0.121. The van der Waals surface area contributed by atoms with Gasteiger partial charge in [0.05, 0.1) is 13.0 Å². The van der Waals surface area contributed by atoms with Crippen molar-refractivity contribution in [3.63, 3.8) is 0 Å². The summed E-state index contributed by atoms with van der Waals surface area (Å²) < 4.78 is 5.49. The predicted molar refractivity (Wildman–Crippen MR) is 86.4 cm³/mol. The van der Waals surface area contributed by atoms with E-state index in [-0.39, 0.29) is 5.91 Å². The van der Waals surface area contributed by atoms with Crippen molar-refractivity contribution in [3.8, 4) is 5.75 Å². The lowest BCUT2D eigenvalue weighted by Gasteiger charge is -2.17. The van der Waals surface area contributed by atoms with Gasteiger partial charge in [-0.05, 0) is 50.3 Å². The number of carbonyl (C=O) groups is 1. The Morgan fingerprint density at radius 1 is 1.24 bits per heavy atom. The highest BCUT2D eigenvalue weighted by atomic mass is 16.5. The summed E-state index contributed by atoms with van der Waals surface area (Å²) in [6, 6.07) is 7.17. The quantitative estimate of drug-likeness (QED) is 0.510. The van der Waals surface area contributed by atoms with Crippen LogP contribution in [0.5, 0.6) is 5.75 Å². The molecule has 0 radical (unpaired) electrons. The lowest BCUT2D eigenvalue weighted by atomic mass is 10.3. The van der Waals surface area contributed by atoms with Gasteiger partial charge in [-0.15, -0.1) is 0 Å². The van der Waals surface area contributed by atoms with Crippen LogP contribution in [-0.2, 0) is 4.79 Å². The fraction of sp³-hybridized carbons (Fsp3) is 0.562. The summed E-state index contributed by atoms with van der Waals surface area (Å²) >= 11 is 0. The normalized spacial score (nSPS) is 10.6. The summed E-state index contributed by atoms with van der Waals surface area (Å²) in [6.07, 6.45) is 1.35. The average Bonchev–Trinajstić information content (AvgIpc) is 2.49. The van der Waals surface area contributed by atoms with Gasteiger partial charge in [0.15, 0.2) is 0 Å². The second kappa shape index (κ2) is 10.0. The van der Waals surface area contributed by atoms with E-state index in [0.717, 1.165) is 38.3 Å². The van der Waals surface area contributed by atoms with Crippen LogP contribution in [0, 0.1) is 0 Å². The highest BCUT2D eigenvalue weighted by molar-refractivity contribution is 5.75. The SMILES string of the molecule is CCN(CC)CCCNC(=O)CCOc1ccc(N)cc1. The number of nitrogens with zero attached hydrogens (tertiary/aromatic N) is 1. The Hall–Kier alpha value is -1.75. The first kappa shape index (κ1) is 17.3. The predicted octanol–water partition coefficient (Wildman–Crippen LogP) is 1.89. The smallest absolute Gasteiger partial charge is 0.223 e. The Morgan fingerprint density at radius 3 is 2.52 bits per heavy atom. The molecule has 0 saturated carbocycles. The topological polar surface area (TPSA) is 67.6 Å². The van der Waals surface area contributed by atoms with E-state index < -0.39 is 0 Å². The van der Waals surface area contributed by atoms with Crippen LogP contribution in [0.15, 0.2) is 24.3 Å². The number of nitrogen functional groups attached to an aromatic ring is 1. The minimum atomic E-state index is 0.0324. The van der Waals surface area contributed by atoms with Crippen molar-refractivity contribution in [2.24, 2.45) is 0 Å². The maximum Gasteiger partial charge on any atom is 0.223 e. The van der Waals surface area contributed by atoms with Crippen LogP contribution >= 0.6 is 0 Å². The maximum absolute atomic E-state index is 11.6. The summed E-state index contributed by atoms with van der Waals surface area (Å²) in [5, 5.41) is 2.92. The van der Waals surface area contributed by atoms with Crippen LogP contribution in [0.1, 0.15) is 26.7 Å². The molecule has 3 N–H and O–H groups in total. The van der Waals surface area contributed by atoms with Crippen LogP contribution in [0.2, 0.25) is 0 Å². The number of rotatable bonds is 10. The largest absolute Gasteiger partial charge is 0.493 e. The molecule has 118 valence electrons. The standard InChI is InChI=1S/C16H27N3O2/c1-3-19(4-2)12-5-11-18-16(20)10-13-21-15-8-6-14(17)7-9-15/h6-9H,3-5,10-13,17H2,1-2H3,(H,18,20). The van der Waals surface area contributed by atoms with E-state index in [2.05, 4.69) is 24.1 Å². The minimum Gasteiger partial charge on any atom is -0.493 e. The fourth-order valence-corrected chi connectivity index (χ4v) is 1.98. The third kappa shape index (κ3) is 7.56. The number of hydrogen-bond acceptors (Lipinski definition) is 4. The number of amides is 1. The molecule has 1 rings (SSSR count). The van der Waals surface area contributed by atoms with Gasteiger partial charge < -0.3 is 20.7 Å². The Labute approximate surface area is 127 Å². The molecule has 21 heavy (non-hydrogen) atoms. The third-order valence-electron chi connectivity index (χ3n) is 3.35. The van der Waals surface area contributed by atoms with Crippen LogP contribution < -0.4 is 15.8 Å². The first-order valence-electron chi connectivity index (χ1n) is 7.63. The number of anilines is 1. The molecule has 0 fully saturated rings. The molecular formula is C16H27N3O2. The molecule has 0 spiro atoms. The molecule has 0 bridgehead atoms. The highest BCUT2D eigenvalue weighted by Crippen LogP contribution is 2.12. The Balaban J connectivity index is 2.07.